The van der Waals surface area contributed by atoms with Crippen LogP contribution in [0.15, 0.2) is 27.3 Å². The lowest BCUT2D eigenvalue weighted by Gasteiger charge is -1.93. The largest absolute Gasteiger partial charge is 0.421 e. The number of pyridine rings is 1. The monoisotopic (exact) mass is 239 g/mol. The molecule has 0 spiro atoms. The van der Waals surface area contributed by atoms with Gasteiger partial charge in [-0.2, -0.15) is 0 Å². The Morgan fingerprint density at radius 3 is 2.77 bits per heavy atom. The lowest BCUT2D eigenvalue weighted by Crippen LogP contribution is -1.79. The van der Waals surface area contributed by atoms with Crippen LogP contribution in [0.1, 0.15) is 5.89 Å². The fourth-order valence-corrected chi connectivity index (χ4v) is 1.31. The Hall–Kier alpha value is -1.23. The number of nitrogens with zero attached hydrogens (tertiary/aromatic N) is 3. The average molecular weight is 240 g/mol. The molecule has 66 valence electrons. The van der Waals surface area contributed by atoms with Crippen molar-refractivity contribution in [3.63, 3.8) is 0 Å². The summed E-state index contributed by atoms with van der Waals surface area (Å²) in [6.07, 6.45) is 3.38. The minimum atomic E-state index is 0.492. The van der Waals surface area contributed by atoms with Gasteiger partial charge in [0, 0.05) is 23.8 Å². The Kier molecular flexibility index (Phi) is 2.10. The molecule has 0 N–H and O–H groups in total. The van der Waals surface area contributed by atoms with E-state index in [2.05, 4.69) is 31.1 Å². The van der Waals surface area contributed by atoms with E-state index in [0.717, 1.165) is 10.0 Å². The first-order valence-corrected chi connectivity index (χ1v) is 4.46. The van der Waals surface area contributed by atoms with Crippen LogP contribution in [0.5, 0.6) is 0 Å². The summed E-state index contributed by atoms with van der Waals surface area (Å²) in [5.74, 6) is 1.04. The quantitative estimate of drug-likeness (QED) is 0.766. The van der Waals surface area contributed by atoms with E-state index in [1.165, 1.54) is 0 Å². The van der Waals surface area contributed by atoms with Gasteiger partial charge in [-0.05, 0) is 22.0 Å². The molecule has 0 aromatic carbocycles. The van der Waals surface area contributed by atoms with E-state index in [1.54, 1.807) is 19.3 Å². The van der Waals surface area contributed by atoms with E-state index in [4.69, 9.17) is 4.42 Å². The Balaban J connectivity index is 2.46. The van der Waals surface area contributed by atoms with Gasteiger partial charge in [0.25, 0.3) is 0 Å². The van der Waals surface area contributed by atoms with Gasteiger partial charge in [-0.3, -0.25) is 4.98 Å². The highest BCUT2D eigenvalue weighted by atomic mass is 79.9. The highest BCUT2D eigenvalue weighted by Gasteiger charge is 2.05. The molecule has 0 aliphatic carbocycles. The van der Waals surface area contributed by atoms with Crippen molar-refractivity contribution in [1.82, 2.24) is 15.2 Å². The van der Waals surface area contributed by atoms with E-state index >= 15 is 0 Å². The second kappa shape index (κ2) is 3.26. The van der Waals surface area contributed by atoms with Crippen LogP contribution in [-0.4, -0.2) is 15.2 Å². The molecule has 2 aromatic heterocycles. The number of hydrogen-bond donors (Lipinski definition) is 0. The molecule has 0 aliphatic rings. The normalized spacial score (nSPS) is 10.3. The van der Waals surface area contributed by atoms with Gasteiger partial charge in [-0.1, -0.05) is 0 Å². The Morgan fingerprint density at radius 2 is 2.15 bits per heavy atom. The van der Waals surface area contributed by atoms with Crippen molar-refractivity contribution in [2.75, 3.05) is 0 Å². The third-order valence-corrected chi connectivity index (χ3v) is 1.91. The van der Waals surface area contributed by atoms with Crippen molar-refractivity contribution in [2.45, 2.75) is 6.92 Å². The smallest absolute Gasteiger partial charge is 0.249 e. The zero-order valence-electron chi connectivity index (χ0n) is 6.86. The molecule has 0 bridgehead atoms. The van der Waals surface area contributed by atoms with E-state index in [0.29, 0.717) is 11.8 Å². The van der Waals surface area contributed by atoms with Crippen LogP contribution in [0.3, 0.4) is 0 Å². The first-order chi connectivity index (χ1) is 6.25. The molecule has 0 amide bonds. The van der Waals surface area contributed by atoms with Crippen LogP contribution in [0.2, 0.25) is 0 Å². The summed E-state index contributed by atoms with van der Waals surface area (Å²) in [5, 5.41) is 7.61. The minimum absolute atomic E-state index is 0.492. The maximum absolute atomic E-state index is 5.24. The second-order valence-corrected chi connectivity index (χ2v) is 3.43. The van der Waals surface area contributed by atoms with Gasteiger partial charge in [0.05, 0.1) is 5.56 Å². The highest BCUT2D eigenvalue weighted by molar-refractivity contribution is 9.10. The van der Waals surface area contributed by atoms with Crippen molar-refractivity contribution in [2.24, 2.45) is 0 Å². The van der Waals surface area contributed by atoms with Gasteiger partial charge in [0.15, 0.2) is 0 Å². The van der Waals surface area contributed by atoms with Crippen LogP contribution < -0.4 is 0 Å². The van der Waals surface area contributed by atoms with Crippen LogP contribution in [-0.2, 0) is 0 Å². The zero-order chi connectivity index (χ0) is 9.26. The van der Waals surface area contributed by atoms with Crippen LogP contribution in [0.4, 0.5) is 0 Å². The van der Waals surface area contributed by atoms with Gasteiger partial charge in [-0.25, -0.2) is 0 Å². The minimum Gasteiger partial charge on any atom is -0.421 e. The van der Waals surface area contributed by atoms with E-state index < -0.39 is 0 Å². The molecule has 0 radical (unpaired) electrons. The van der Waals surface area contributed by atoms with Crippen molar-refractivity contribution < 1.29 is 4.42 Å². The summed E-state index contributed by atoms with van der Waals surface area (Å²) in [6.45, 7) is 1.75. The molecule has 0 fully saturated rings. The number of rotatable bonds is 1. The summed E-state index contributed by atoms with van der Waals surface area (Å²) >= 11 is 3.31. The number of aromatic nitrogens is 3. The predicted octanol–water partition coefficient (Wildman–Crippen LogP) is 2.20. The first kappa shape index (κ1) is 8.37. The van der Waals surface area contributed by atoms with E-state index in [9.17, 15) is 0 Å². The first-order valence-electron chi connectivity index (χ1n) is 3.67. The molecule has 0 saturated heterocycles. The standard InChI is InChI=1S/C8H6BrN3O/c1-5-11-12-8(13-5)6-2-7(9)4-10-3-6/h2-4H,1H3. The summed E-state index contributed by atoms with van der Waals surface area (Å²) in [6, 6.07) is 1.87. The van der Waals surface area contributed by atoms with Gasteiger partial charge in [0.2, 0.25) is 11.8 Å². The average Bonchev–Trinajstić information content (AvgIpc) is 2.52. The van der Waals surface area contributed by atoms with Crippen molar-refractivity contribution in [3.05, 3.63) is 28.8 Å². The second-order valence-electron chi connectivity index (χ2n) is 2.52. The number of hydrogen-bond acceptors (Lipinski definition) is 4. The van der Waals surface area contributed by atoms with Gasteiger partial charge < -0.3 is 4.42 Å². The molecule has 2 heterocycles. The zero-order valence-corrected chi connectivity index (χ0v) is 8.45. The van der Waals surface area contributed by atoms with E-state index in [-0.39, 0.29) is 0 Å². The molecule has 4 nitrogen and oxygen atoms in total. The topological polar surface area (TPSA) is 51.8 Å². The van der Waals surface area contributed by atoms with Crippen molar-refractivity contribution in [3.8, 4) is 11.5 Å². The predicted molar refractivity (Wildman–Crippen MR) is 50.0 cm³/mol. The Morgan fingerprint density at radius 1 is 1.31 bits per heavy atom. The molecule has 0 saturated carbocycles. The van der Waals surface area contributed by atoms with Crippen LogP contribution in [0.25, 0.3) is 11.5 Å². The van der Waals surface area contributed by atoms with Gasteiger partial charge >= 0.3 is 0 Å². The molecule has 0 unspecified atom stereocenters. The lowest BCUT2D eigenvalue weighted by atomic mass is 10.3. The molecule has 2 rings (SSSR count). The molecular formula is C8H6BrN3O. The summed E-state index contributed by atoms with van der Waals surface area (Å²) in [7, 11) is 0. The fourth-order valence-electron chi connectivity index (χ4n) is 0.942. The Bertz CT molecular complexity index is 427. The summed E-state index contributed by atoms with van der Waals surface area (Å²) in [5.41, 5.74) is 0.815. The van der Waals surface area contributed by atoms with Crippen LogP contribution in [0, 0.1) is 6.92 Å². The maximum Gasteiger partial charge on any atom is 0.249 e. The summed E-state index contributed by atoms with van der Waals surface area (Å²) < 4.78 is 6.13. The van der Waals surface area contributed by atoms with Crippen molar-refractivity contribution >= 4 is 15.9 Å². The number of halogens is 1. The number of aryl methyl sites for hydroxylation is 1. The van der Waals surface area contributed by atoms with E-state index in [1.807, 2.05) is 6.07 Å². The van der Waals surface area contributed by atoms with Crippen molar-refractivity contribution in [1.29, 1.82) is 0 Å². The molecular weight excluding hydrogens is 234 g/mol. The lowest BCUT2D eigenvalue weighted by molar-refractivity contribution is 0.532. The van der Waals surface area contributed by atoms with Crippen LogP contribution >= 0.6 is 15.9 Å². The van der Waals surface area contributed by atoms with Gasteiger partial charge in [0.1, 0.15) is 0 Å². The molecule has 2 aromatic rings. The SMILES string of the molecule is Cc1nnc(-c2cncc(Br)c2)o1. The molecule has 5 heteroatoms. The fraction of sp³-hybridized carbons (Fsp3) is 0.125. The van der Waals surface area contributed by atoms with Gasteiger partial charge in [-0.15, -0.1) is 10.2 Å². The maximum atomic E-state index is 5.24. The molecule has 0 atom stereocenters. The Labute approximate surface area is 83.1 Å². The highest BCUT2D eigenvalue weighted by Crippen LogP contribution is 2.19. The summed E-state index contributed by atoms with van der Waals surface area (Å²) in [4.78, 5) is 4.00. The molecule has 0 aliphatic heterocycles. The third kappa shape index (κ3) is 1.75. The molecule has 13 heavy (non-hydrogen) atoms. The third-order valence-electron chi connectivity index (χ3n) is 1.48.